The number of hydrogen-bond acceptors (Lipinski definition) is 2. The first-order valence-corrected chi connectivity index (χ1v) is 5.40. The molecular weight excluding hydrogens is 259 g/mol. The second-order valence-corrected chi connectivity index (χ2v) is 4.39. The maximum Gasteiger partial charge on any atom is 0.142 e. The summed E-state index contributed by atoms with van der Waals surface area (Å²) >= 11 is 3.15. The molecule has 0 amide bonds. The van der Waals surface area contributed by atoms with Crippen molar-refractivity contribution in [2.45, 2.75) is 19.9 Å². The SMILES string of the molecule is CC(C)=CC(NN)c1cccc(Br)c1F. The predicted octanol–water partition coefficient (Wildman–Crippen LogP) is 3.06. The summed E-state index contributed by atoms with van der Waals surface area (Å²) in [7, 11) is 0. The molecule has 0 radical (unpaired) electrons. The van der Waals surface area contributed by atoms with E-state index in [1.807, 2.05) is 19.9 Å². The first kappa shape index (κ1) is 12.4. The molecule has 1 rings (SSSR count). The van der Waals surface area contributed by atoms with Gasteiger partial charge in [-0.05, 0) is 35.8 Å². The van der Waals surface area contributed by atoms with Gasteiger partial charge in [-0.3, -0.25) is 5.84 Å². The summed E-state index contributed by atoms with van der Waals surface area (Å²) in [4.78, 5) is 0. The Morgan fingerprint density at radius 3 is 2.73 bits per heavy atom. The molecule has 0 heterocycles. The molecule has 1 unspecified atom stereocenters. The number of nitrogens with one attached hydrogen (secondary N) is 1. The van der Waals surface area contributed by atoms with Crippen LogP contribution < -0.4 is 11.3 Å². The number of allylic oxidation sites excluding steroid dienone is 1. The molecule has 1 atom stereocenters. The highest BCUT2D eigenvalue weighted by Gasteiger charge is 2.13. The molecule has 1 aromatic carbocycles. The monoisotopic (exact) mass is 272 g/mol. The minimum atomic E-state index is -0.299. The maximum absolute atomic E-state index is 13.7. The Morgan fingerprint density at radius 1 is 1.53 bits per heavy atom. The quantitative estimate of drug-likeness (QED) is 0.504. The lowest BCUT2D eigenvalue weighted by Crippen LogP contribution is -2.27. The molecule has 0 spiro atoms. The summed E-state index contributed by atoms with van der Waals surface area (Å²) < 4.78 is 14.2. The largest absolute Gasteiger partial charge is 0.271 e. The molecule has 3 N–H and O–H groups in total. The van der Waals surface area contributed by atoms with Gasteiger partial charge in [0.25, 0.3) is 0 Å². The predicted molar refractivity (Wildman–Crippen MR) is 63.6 cm³/mol. The van der Waals surface area contributed by atoms with Crippen molar-refractivity contribution in [3.8, 4) is 0 Å². The molecular formula is C11H14BrFN2. The summed E-state index contributed by atoms with van der Waals surface area (Å²) in [6.45, 7) is 3.89. The molecule has 1 aromatic rings. The van der Waals surface area contributed by atoms with Crippen molar-refractivity contribution >= 4 is 15.9 Å². The summed E-state index contributed by atoms with van der Waals surface area (Å²) in [5.41, 5.74) is 4.20. The number of hydrogen-bond donors (Lipinski definition) is 2. The van der Waals surface area contributed by atoms with Gasteiger partial charge in [0.15, 0.2) is 0 Å². The first-order chi connectivity index (χ1) is 7.06. The van der Waals surface area contributed by atoms with Crippen LogP contribution in [0.1, 0.15) is 25.5 Å². The lowest BCUT2D eigenvalue weighted by Gasteiger charge is -2.14. The zero-order valence-corrected chi connectivity index (χ0v) is 10.3. The van der Waals surface area contributed by atoms with Gasteiger partial charge in [-0.15, -0.1) is 0 Å². The molecule has 0 aromatic heterocycles. The van der Waals surface area contributed by atoms with Gasteiger partial charge in [0.2, 0.25) is 0 Å². The molecule has 0 saturated carbocycles. The van der Waals surface area contributed by atoms with Crippen LogP contribution in [0.25, 0.3) is 0 Å². The molecule has 2 nitrogen and oxygen atoms in total. The van der Waals surface area contributed by atoms with Crippen molar-refractivity contribution in [1.82, 2.24) is 5.43 Å². The first-order valence-electron chi connectivity index (χ1n) is 4.61. The third-order valence-electron chi connectivity index (χ3n) is 2.00. The highest BCUT2D eigenvalue weighted by molar-refractivity contribution is 9.10. The van der Waals surface area contributed by atoms with Gasteiger partial charge < -0.3 is 0 Å². The third-order valence-corrected chi connectivity index (χ3v) is 2.61. The van der Waals surface area contributed by atoms with Crippen molar-refractivity contribution < 1.29 is 4.39 Å². The fraction of sp³-hybridized carbons (Fsp3) is 0.273. The van der Waals surface area contributed by atoms with Crippen LogP contribution in [0.3, 0.4) is 0 Å². The van der Waals surface area contributed by atoms with Crippen LogP contribution >= 0.6 is 15.9 Å². The van der Waals surface area contributed by atoms with Gasteiger partial charge in [-0.1, -0.05) is 23.8 Å². The van der Waals surface area contributed by atoms with Crippen molar-refractivity contribution in [3.63, 3.8) is 0 Å². The van der Waals surface area contributed by atoms with E-state index in [0.29, 0.717) is 10.0 Å². The van der Waals surface area contributed by atoms with E-state index in [1.54, 1.807) is 18.2 Å². The Bertz CT molecular complexity index is 373. The average Bonchev–Trinajstić information content (AvgIpc) is 2.19. The molecule has 15 heavy (non-hydrogen) atoms. The molecule has 0 bridgehead atoms. The minimum absolute atomic E-state index is 0.280. The van der Waals surface area contributed by atoms with E-state index in [4.69, 9.17) is 5.84 Å². The van der Waals surface area contributed by atoms with E-state index >= 15 is 0 Å². The fourth-order valence-electron chi connectivity index (χ4n) is 1.32. The summed E-state index contributed by atoms with van der Waals surface area (Å²) in [6.07, 6.45) is 1.88. The van der Waals surface area contributed by atoms with E-state index in [1.165, 1.54) is 0 Å². The topological polar surface area (TPSA) is 38.0 Å². The van der Waals surface area contributed by atoms with Gasteiger partial charge in [-0.2, -0.15) is 0 Å². The average molecular weight is 273 g/mol. The van der Waals surface area contributed by atoms with Crippen LogP contribution in [0, 0.1) is 5.82 Å². The number of hydrazine groups is 1. The standard InChI is InChI=1S/C11H14BrFN2/c1-7(2)6-10(15-14)8-4-3-5-9(12)11(8)13/h3-6,10,15H,14H2,1-2H3. The Balaban J connectivity index is 3.13. The van der Waals surface area contributed by atoms with Gasteiger partial charge in [0.05, 0.1) is 10.5 Å². The smallest absolute Gasteiger partial charge is 0.142 e. The van der Waals surface area contributed by atoms with E-state index in [0.717, 1.165) is 5.57 Å². The molecule has 0 aliphatic rings. The highest BCUT2D eigenvalue weighted by atomic mass is 79.9. The van der Waals surface area contributed by atoms with Crippen LogP contribution in [0.2, 0.25) is 0 Å². The summed E-state index contributed by atoms with van der Waals surface area (Å²) in [5.74, 6) is 5.12. The van der Waals surface area contributed by atoms with Crippen LogP contribution in [0.4, 0.5) is 4.39 Å². The van der Waals surface area contributed by atoms with Crippen LogP contribution in [0.15, 0.2) is 34.3 Å². The molecule has 82 valence electrons. The van der Waals surface area contributed by atoms with Gasteiger partial charge >= 0.3 is 0 Å². The second kappa shape index (κ2) is 5.39. The molecule has 0 saturated heterocycles. The number of nitrogens with two attached hydrogens (primary N) is 1. The number of rotatable bonds is 3. The van der Waals surface area contributed by atoms with Crippen LogP contribution in [-0.4, -0.2) is 0 Å². The van der Waals surface area contributed by atoms with Crippen molar-refractivity contribution in [2.24, 2.45) is 5.84 Å². The molecule has 4 heteroatoms. The van der Waals surface area contributed by atoms with E-state index in [9.17, 15) is 4.39 Å². The van der Waals surface area contributed by atoms with Crippen molar-refractivity contribution in [1.29, 1.82) is 0 Å². The molecule has 0 aliphatic heterocycles. The normalized spacial score (nSPS) is 12.3. The number of benzene rings is 1. The summed E-state index contributed by atoms with van der Waals surface area (Å²) in [6, 6.07) is 4.86. The number of halogens is 2. The third kappa shape index (κ3) is 3.12. The van der Waals surface area contributed by atoms with Gasteiger partial charge in [0.1, 0.15) is 5.82 Å². The van der Waals surface area contributed by atoms with Crippen LogP contribution in [-0.2, 0) is 0 Å². The van der Waals surface area contributed by atoms with Crippen LogP contribution in [0.5, 0.6) is 0 Å². The minimum Gasteiger partial charge on any atom is -0.271 e. The zero-order valence-electron chi connectivity index (χ0n) is 8.72. The van der Waals surface area contributed by atoms with Crippen molar-refractivity contribution in [2.75, 3.05) is 0 Å². The Morgan fingerprint density at radius 2 is 2.20 bits per heavy atom. The fourth-order valence-corrected chi connectivity index (χ4v) is 1.70. The van der Waals surface area contributed by atoms with Gasteiger partial charge in [0, 0.05) is 5.56 Å². The van der Waals surface area contributed by atoms with E-state index in [-0.39, 0.29) is 11.9 Å². The Kier molecular flexibility index (Phi) is 4.45. The van der Waals surface area contributed by atoms with Crippen molar-refractivity contribution in [3.05, 3.63) is 45.7 Å². The lowest BCUT2D eigenvalue weighted by molar-refractivity contribution is 0.562. The lowest BCUT2D eigenvalue weighted by atomic mass is 10.0. The Labute approximate surface area is 97.5 Å². The summed E-state index contributed by atoms with van der Waals surface area (Å²) in [5, 5.41) is 0. The second-order valence-electron chi connectivity index (χ2n) is 3.53. The molecule has 0 fully saturated rings. The van der Waals surface area contributed by atoms with E-state index < -0.39 is 0 Å². The maximum atomic E-state index is 13.7. The Hall–Kier alpha value is -0.710. The highest BCUT2D eigenvalue weighted by Crippen LogP contribution is 2.24. The zero-order chi connectivity index (χ0) is 11.4. The van der Waals surface area contributed by atoms with Gasteiger partial charge in [-0.25, -0.2) is 9.82 Å². The van der Waals surface area contributed by atoms with E-state index in [2.05, 4.69) is 21.4 Å². The molecule has 0 aliphatic carbocycles.